The van der Waals surface area contributed by atoms with Gasteiger partial charge in [-0.15, -0.1) is 0 Å². The van der Waals surface area contributed by atoms with Crippen LogP contribution in [0, 0.1) is 0 Å². The third kappa shape index (κ3) is 3.93. The molecule has 1 aliphatic rings. The summed E-state index contributed by atoms with van der Waals surface area (Å²) in [6.07, 6.45) is -0.0641. The van der Waals surface area contributed by atoms with E-state index in [1.807, 2.05) is 0 Å². The van der Waals surface area contributed by atoms with Gasteiger partial charge in [-0.2, -0.15) is 0 Å². The van der Waals surface area contributed by atoms with Crippen LogP contribution in [-0.4, -0.2) is 43.4 Å². The van der Waals surface area contributed by atoms with Crippen LogP contribution < -0.4 is 0 Å². The molecule has 22 heavy (non-hydrogen) atoms. The predicted molar refractivity (Wildman–Crippen MR) is 84.8 cm³/mol. The van der Waals surface area contributed by atoms with Crippen LogP contribution in [0.2, 0.25) is 5.02 Å². The van der Waals surface area contributed by atoms with Crippen LogP contribution in [0.1, 0.15) is 27.2 Å². The number of amides is 1. The highest BCUT2D eigenvalue weighted by Crippen LogP contribution is 2.26. The minimum absolute atomic E-state index is 0.153. The van der Waals surface area contributed by atoms with Gasteiger partial charge in [0.2, 0.25) is 0 Å². The third-order valence-electron chi connectivity index (χ3n) is 3.38. The van der Waals surface area contributed by atoms with Crippen LogP contribution in [0.15, 0.2) is 29.2 Å². The van der Waals surface area contributed by atoms with Crippen molar-refractivity contribution in [3.8, 4) is 0 Å². The van der Waals surface area contributed by atoms with Gasteiger partial charge in [0.05, 0.1) is 10.1 Å². The molecule has 0 aliphatic carbocycles. The number of sulfone groups is 1. The molecule has 1 aromatic rings. The van der Waals surface area contributed by atoms with Crippen molar-refractivity contribution in [3.63, 3.8) is 0 Å². The first-order valence-electron chi connectivity index (χ1n) is 7.07. The zero-order valence-corrected chi connectivity index (χ0v) is 14.4. The zero-order chi connectivity index (χ0) is 16.5. The van der Waals surface area contributed by atoms with Gasteiger partial charge in [0.15, 0.2) is 9.84 Å². The lowest BCUT2D eigenvalue weighted by atomic mass is 10.2. The van der Waals surface area contributed by atoms with Crippen molar-refractivity contribution < 1.29 is 17.9 Å². The van der Waals surface area contributed by atoms with Gasteiger partial charge in [0, 0.05) is 18.1 Å². The Morgan fingerprint density at radius 2 is 1.86 bits per heavy atom. The van der Waals surface area contributed by atoms with Gasteiger partial charge in [-0.1, -0.05) is 11.6 Å². The van der Waals surface area contributed by atoms with E-state index in [0.29, 0.717) is 18.0 Å². The van der Waals surface area contributed by atoms with E-state index in [2.05, 4.69) is 0 Å². The van der Waals surface area contributed by atoms with Crippen LogP contribution in [-0.2, 0) is 14.6 Å². The molecule has 5 nitrogen and oxygen atoms in total. The Kier molecular flexibility index (Phi) is 4.73. The van der Waals surface area contributed by atoms with Gasteiger partial charge in [0.1, 0.15) is 5.60 Å². The minimum Gasteiger partial charge on any atom is -0.444 e. The lowest BCUT2D eigenvalue weighted by Gasteiger charge is -2.24. The van der Waals surface area contributed by atoms with Gasteiger partial charge < -0.3 is 9.64 Å². The molecule has 0 aromatic heterocycles. The number of benzene rings is 1. The van der Waals surface area contributed by atoms with Crippen molar-refractivity contribution in [2.24, 2.45) is 0 Å². The molecule has 1 atom stereocenters. The second-order valence-electron chi connectivity index (χ2n) is 6.34. The molecule has 1 saturated heterocycles. The molecular weight excluding hydrogens is 326 g/mol. The lowest BCUT2D eigenvalue weighted by Crippen LogP contribution is -2.36. The average molecular weight is 346 g/mol. The molecule has 1 heterocycles. The smallest absolute Gasteiger partial charge is 0.410 e. The highest BCUT2D eigenvalue weighted by Gasteiger charge is 2.37. The number of hydrogen-bond donors (Lipinski definition) is 0. The quantitative estimate of drug-likeness (QED) is 0.826. The molecule has 7 heteroatoms. The maximum Gasteiger partial charge on any atom is 0.410 e. The Bertz CT molecular complexity index is 649. The van der Waals surface area contributed by atoms with E-state index < -0.39 is 26.8 Å². The molecule has 0 radical (unpaired) electrons. The van der Waals surface area contributed by atoms with Crippen LogP contribution in [0.4, 0.5) is 4.79 Å². The number of ether oxygens (including phenoxy) is 1. The summed E-state index contributed by atoms with van der Waals surface area (Å²) in [5.74, 6) is 0. The van der Waals surface area contributed by atoms with Gasteiger partial charge in [0.25, 0.3) is 0 Å². The summed E-state index contributed by atoms with van der Waals surface area (Å²) in [4.78, 5) is 13.7. The first-order valence-corrected chi connectivity index (χ1v) is 8.99. The highest BCUT2D eigenvalue weighted by atomic mass is 35.5. The molecule has 0 bridgehead atoms. The number of rotatable bonds is 2. The molecule has 0 unspecified atom stereocenters. The SMILES string of the molecule is CC(C)(C)OC(=O)N1CC[C@H](S(=O)(=O)c2ccc(Cl)cc2)C1. The van der Waals surface area contributed by atoms with E-state index >= 15 is 0 Å². The van der Waals surface area contributed by atoms with Gasteiger partial charge in [-0.05, 0) is 51.5 Å². The van der Waals surface area contributed by atoms with Gasteiger partial charge >= 0.3 is 6.09 Å². The van der Waals surface area contributed by atoms with Crippen LogP contribution in [0.5, 0.6) is 0 Å². The Labute approximate surface area is 136 Å². The number of hydrogen-bond acceptors (Lipinski definition) is 4. The van der Waals surface area contributed by atoms with E-state index in [1.165, 1.54) is 17.0 Å². The van der Waals surface area contributed by atoms with Crippen molar-refractivity contribution in [2.75, 3.05) is 13.1 Å². The van der Waals surface area contributed by atoms with Crippen LogP contribution >= 0.6 is 11.6 Å². The van der Waals surface area contributed by atoms with Crippen molar-refractivity contribution in [1.29, 1.82) is 0 Å². The monoisotopic (exact) mass is 345 g/mol. The first-order chi connectivity index (χ1) is 10.1. The van der Waals surface area contributed by atoms with Crippen LogP contribution in [0.25, 0.3) is 0 Å². The summed E-state index contributed by atoms with van der Waals surface area (Å²) in [7, 11) is -3.47. The number of halogens is 1. The fourth-order valence-electron chi connectivity index (χ4n) is 2.29. The summed E-state index contributed by atoms with van der Waals surface area (Å²) < 4.78 is 30.4. The molecule has 1 aromatic carbocycles. The second-order valence-corrected chi connectivity index (χ2v) is 9.00. The van der Waals surface area contributed by atoms with Crippen molar-refractivity contribution in [1.82, 2.24) is 4.90 Å². The Morgan fingerprint density at radius 1 is 1.27 bits per heavy atom. The highest BCUT2D eigenvalue weighted by molar-refractivity contribution is 7.92. The molecule has 1 fully saturated rings. The zero-order valence-electron chi connectivity index (χ0n) is 12.9. The molecule has 122 valence electrons. The minimum atomic E-state index is -3.47. The topological polar surface area (TPSA) is 63.7 Å². The number of nitrogens with zero attached hydrogens (tertiary/aromatic N) is 1. The summed E-state index contributed by atoms with van der Waals surface area (Å²) in [6.45, 7) is 5.88. The van der Waals surface area contributed by atoms with E-state index in [1.54, 1.807) is 32.9 Å². The summed E-state index contributed by atoms with van der Waals surface area (Å²) in [5, 5.41) is -0.123. The third-order valence-corrected chi connectivity index (χ3v) is 5.82. The van der Waals surface area contributed by atoms with E-state index in [0.717, 1.165) is 0 Å². The fraction of sp³-hybridized carbons (Fsp3) is 0.533. The molecule has 2 rings (SSSR count). The molecule has 1 aliphatic heterocycles. The maximum atomic E-state index is 12.6. The van der Waals surface area contributed by atoms with E-state index in [4.69, 9.17) is 16.3 Å². The molecule has 0 N–H and O–H groups in total. The van der Waals surface area contributed by atoms with Gasteiger partial charge in [-0.3, -0.25) is 0 Å². The fourth-order valence-corrected chi connectivity index (χ4v) is 4.11. The number of carbonyl (C=O) groups is 1. The van der Waals surface area contributed by atoms with E-state index in [-0.39, 0.29) is 11.4 Å². The molecule has 1 amide bonds. The van der Waals surface area contributed by atoms with Gasteiger partial charge in [-0.25, -0.2) is 13.2 Å². The summed E-state index contributed by atoms with van der Waals surface area (Å²) in [5.41, 5.74) is -0.593. The Balaban J connectivity index is 2.09. The molecular formula is C15H20ClNO4S. The molecule has 0 saturated carbocycles. The van der Waals surface area contributed by atoms with Crippen LogP contribution in [0.3, 0.4) is 0 Å². The Morgan fingerprint density at radius 3 is 2.41 bits per heavy atom. The van der Waals surface area contributed by atoms with Crippen molar-refractivity contribution in [3.05, 3.63) is 29.3 Å². The number of carbonyl (C=O) groups excluding carboxylic acids is 1. The Hall–Kier alpha value is -1.27. The van der Waals surface area contributed by atoms with E-state index in [9.17, 15) is 13.2 Å². The molecule has 0 spiro atoms. The largest absolute Gasteiger partial charge is 0.444 e. The maximum absolute atomic E-state index is 12.6. The predicted octanol–water partition coefficient (Wildman–Crippen LogP) is 3.12. The lowest BCUT2D eigenvalue weighted by molar-refractivity contribution is 0.0295. The normalized spacial score (nSPS) is 19.3. The number of likely N-dealkylation sites (tertiary alicyclic amines) is 1. The van der Waals surface area contributed by atoms with Crippen molar-refractivity contribution in [2.45, 2.75) is 42.9 Å². The first kappa shape index (κ1) is 17.1. The second kappa shape index (κ2) is 6.08. The average Bonchev–Trinajstić information content (AvgIpc) is 2.87. The standard InChI is InChI=1S/C15H20ClNO4S/c1-15(2,3)21-14(18)17-9-8-13(10-17)22(19,20)12-6-4-11(16)5-7-12/h4-7,13H,8-10H2,1-3H3/t13-/m0/s1. The van der Waals surface area contributed by atoms with Crippen molar-refractivity contribution >= 4 is 27.5 Å². The summed E-state index contributed by atoms with van der Waals surface area (Å²) in [6, 6.07) is 6.09. The summed E-state index contributed by atoms with van der Waals surface area (Å²) >= 11 is 5.78.